The lowest BCUT2D eigenvalue weighted by Crippen LogP contribution is -2.49. The Morgan fingerprint density at radius 3 is 2.47 bits per heavy atom. The van der Waals surface area contributed by atoms with E-state index in [4.69, 9.17) is 0 Å². The van der Waals surface area contributed by atoms with Crippen molar-refractivity contribution in [2.75, 3.05) is 42.5 Å². The molecule has 3 heterocycles. The number of para-hydroxylation sites is 2. The first-order chi connectivity index (χ1) is 15.7. The van der Waals surface area contributed by atoms with Crippen molar-refractivity contribution in [1.29, 1.82) is 0 Å². The zero-order valence-corrected chi connectivity index (χ0v) is 18.5. The van der Waals surface area contributed by atoms with Crippen LogP contribution in [0.1, 0.15) is 16.8 Å². The maximum atomic E-state index is 13.3. The summed E-state index contributed by atoms with van der Waals surface area (Å²) in [7, 11) is 0. The molecule has 7 heteroatoms. The Bertz CT molecular complexity index is 1130. The van der Waals surface area contributed by atoms with Crippen molar-refractivity contribution in [3.63, 3.8) is 0 Å². The Hall–Kier alpha value is -3.32. The first-order valence-electron chi connectivity index (χ1n) is 10.8. The number of rotatable bonds is 4. The van der Waals surface area contributed by atoms with Crippen LogP contribution in [0.2, 0.25) is 0 Å². The summed E-state index contributed by atoms with van der Waals surface area (Å²) in [4.78, 5) is 37.6. The van der Waals surface area contributed by atoms with E-state index in [1.807, 2.05) is 47.4 Å². The average molecular weight is 445 g/mol. The first-order valence-corrected chi connectivity index (χ1v) is 11.6. The lowest BCUT2D eigenvalue weighted by molar-refractivity contribution is -0.131. The van der Waals surface area contributed by atoms with Gasteiger partial charge in [-0.05, 0) is 36.4 Å². The molecule has 6 nitrogen and oxygen atoms in total. The number of amides is 2. The van der Waals surface area contributed by atoms with Gasteiger partial charge in [-0.25, -0.2) is 4.98 Å². The second-order valence-corrected chi connectivity index (χ2v) is 8.87. The van der Waals surface area contributed by atoms with E-state index in [-0.39, 0.29) is 11.8 Å². The molecule has 2 aromatic carbocycles. The molecule has 32 heavy (non-hydrogen) atoms. The predicted octanol–water partition coefficient (Wildman–Crippen LogP) is 3.93. The summed E-state index contributed by atoms with van der Waals surface area (Å²) in [5.74, 6) is -0.0152. The number of hydrogen-bond acceptors (Lipinski definition) is 5. The number of nitrogens with zero attached hydrogens (tertiary/aromatic N) is 4. The van der Waals surface area contributed by atoms with Gasteiger partial charge >= 0.3 is 0 Å². The Morgan fingerprint density at radius 2 is 1.66 bits per heavy atom. The van der Waals surface area contributed by atoms with Crippen LogP contribution in [0, 0.1) is 0 Å². The van der Waals surface area contributed by atoms with E-state index in [0.717, 1.165) is 23.7 Å². The highest BCUT2D eigenvalue weighted by Gasteiger charge is 2.29. The molecule has 0 unspecified atom stereocenters. The number of fused-ring (bicyclic) bond motifs is 2. The second kappa shape index (κ2) is 9.04. The van der Waals surface area contributed by atoms with Crippen LogP contribution in [0.3, 0.4) is 0 Å². The van der Waals surface area contributed by atoms with Gasteiger partial charge in [0.15, 0.2) is 0 Å². The van der Waals surface area contributed by atoms with Crippen molar-refractivity contribution in [2.45, 2.75) is 16.3 Å². The molecule has 3 aromatic rings. The van der Waals surface area contributed by atoms with Crippen molar-refractivity contribution in [2.24, 2.45) is 0 Å². The minimum atomic E-state index is -0.104. The minimum Gasteiger partial charge on any atom is -0.368 e. The molecule has 162 valence electrons. The molecule has 5 rings (SSSR count). The SMILES string of the molecule is O=C(CCN1C(=O)c2cccnc2Sc2ccccc21)N1CCN(c2ccccc2)CC1. The van der Waals surface area contributed by atoms with Crippen LogP contribution >= 0.6 is 11.8 Å². The molecular weight excluding hydrogens is 420 g/mol. The molecule has 1 fully saturated rings. The molecule has 0 saturated carbocycles. The van der Waals surface area contributed by atoms with E-state index in [1.54, 1.807) is 23.2 Å². The van der Waals surface area contributed by atoms with E-state index in [0.29, 0.717) is 36.6 Å². The monoisotopic (exact) mass is 444 g/mol. The number of hydrogen-bond donors (Lipinski definition) is 0. The van der Waals surface area contributed by atoms with Gasteiger partial charge in [-0.15, -0.1) is 0 Å². The fraction of sp³-hybridized carbons (Fsp3) is 0.240. The van der Waals surface area contributed by atoms with Gasteiger partial charge < -0.3 is 14.7 Å². The van der Waals surface area contributed by atoms with Crippen molar-refractivity contribution >= 4 is 35.0 Å². The number of carbonyl (C=O) groups excluding carboxylic acids is 2. The van der Waals surface area contributed by atoms with Gasteiger partial charge in [0.1, 0.15) is 5.03 Å². The summed E-state index contributed by atoms with van der Waals surface area (Å²) in [6.45, 7) is 3.37. The van der Waals surface area contributed by atoms with Crippen LogP contribution in [0.15, 0.2) is 82.8 Å². The smallest absolute Gasteiger partial charge is 0.261 e. The number of aromatic nitrogens is 1. The van der Waals surface area contributed by atoms with Crippen LogP contribution in [-0.2, 0) is 4.79 Å². The van der Waals surface area contributed by atoms with Crippen LogP contribution < -0.4 is 9.80 Å². The topological polar surface area (TPSA) is 56.8 Å². The van der Waals surface area contributed by atoms with Gasteiger partial charge in [-0.2, -0.15) is 0 Å². The Morgan fingerprint density at radius 1 is 0.906 bits per heavy atom. The normalized spacial score (nSPS) is 15.8. The first kappa shape index (κ1) is 20.6. The molecule has 0 N–H and O–H groups in total. The van der Waals surface area contributed by atoms with Crippen molar-refractivity contribution in [3.8, 4) is 0 Å². The third-order valence-corrected chi connectivity index (χ3v) is 7.00. The Balaban J connectivity index is 1.27. The van der Waals surface area contributed by atoms with Gasteiger partial charge in [0, 0.05) is 55.9 Å². The van der Waals surface area contributed by atoms with E-state index < -0.39 is 0 Å². The second-order valence-electron chi connectivity index (χ2n) is 7.84. The van der Waals surface area contributed by atoms with Gasteiger partial charge in [-0.1, -0.05) is 42.1 Å². The fourth-order valence-electron chi connectivity index (χ4n) is 4.20. The lowest BCUT2D eigenvalue weighted by Gasteiger charge is -2.36. The largest absolute Gasteiger partial charge is 0.368 e. The lowest BCUT2D eigenvalue weighted by atomic mass is 10.2. The zero-order chi connectivity index (χ0) is 21.9. The molecule has 2 aliphatic heterocycles. The molecule has 1 aromatic heterocycles. The highest BCUT2D eigenvalue weighted by molar-refractivity contribution is 7.99. The maximum absolute atomic E-state index is 13.3. The molecule has 0 radical (unpaired) electrons. The van der Waals surface area contributed by atoms with E-state index >= 15 is 0 Å². The van der Waals surface area contributed by atoms with Gasteiger partial charge in [0.2, 0.25) is 5.91 Å². The summed E-state index contributed by atoms with van der Waals surface area (Å²) >= 11 is 1.50. The Kier molecular flexibility index (Phi) is 5.81. The molecule has 0 spiro atoms. The summed E-state index contributed by atoms with van der Waals surface area (Å²) in [6, 6.07) is 21.7. The summed E-state index contributed by atoms with van der Waals surface area (Å²) in [6.07, 6.45) is 2.00. The van der Waals surface area contributed by atoms with Crippen molar-refractivity contribution in [3.05, 3.63) is 78.5 Å². The van der Waals surface area contributed by atoms with Gasteiger partial charge in [0.05, 0.1) is 11.3 Å². The molecular formula is C25H24N4O2S. The quantitative estimate of drug-likeness (QED) is 0.610. The fourth-order valence-corrected chi connectivity index (χ4v) is 5.22. The summed E-state index contributed by atoms with van der Waals surface area (Å²) in [5.41, 5.74) is 2.61. The van der Waals surface area contributed by atoms with Crippen LogP contribution in [-0.4, -0.2) is 54.4 Å². The maximum Gasteiger partial charge on any atom is 0.261 e. The van der Waals surface area contributed by atoms with Crippen LogP contribution in [0.25, 0.3) is 0 Å². The summed E-state index contributed by atoms with van der Waals surface area (Å²) < 4.78 is 0. The molecule has 0 bridgehead atoms. The number of anilines is 2. The number of carbonyl (C=O) groups is 2. The van der Waals surface area contributed by atoms with Crippen LogP contribution in [0.5, 0.6) is 0 Å². The summed E-state index contributed by atoms with van der Waals surface area (Å²) in [5, 5.41) is 0.704. The molecule has 1 saturated heterocycles. The standard InChI is InChI=1S/C25H24N4O2S/c30-23(28-17-15-27(16-18-28)19-7-2-1-3-8-19)12-14-29-21-10-4-5-11-22(21)32-24-20(25(29)31)9-6-13-26-24/h1-11,13H,12,14-18H2. The molecule has 0 aliphatic carbocycles. The third kappa shape index (κ3) is 4.08. The predicted molar refractivity (Wildman–Crippen MR) is 126 cm³/mol. The zero-order valence-electron chi connectivity index (χ0n) is 17.7. The van der Waals surface area contributed by atoms with E-state index in [2.05, 4.69) is 22.0 Å². The molecule has 2 amide bonds. The number of pyridine rings is 1. The highest BCUT2D eigenvalue weighted by atomic mass is 32.2. The number of benzene rings is 2. The van der Waals surface area contributed by atoms with E-state index in [1.165, 1.54) is 17.4 Å². The Labute approximate surface area is 191 Å². The molecule has 2 aliphatic rings. The van der Waals surface area contributed by atoms with Gasteiger partial charge in [0.25, 0.3) is 5.91 Å². The van der Waals surface area contributed by atoms with Crippen molar-refractivity contribution < 1.29 is 9.59 Å². The number of piperazine rings is 1. The average Bonchev–Trinajstić information content (AvgIpc) is 2.97. The molecule has 0 atom stereocenters. The third-order valence-electron chi connectivity index (χ3n) is 5.91. The van der Waals surface area contributed by atoms with Crippen molar-refractivity contribution in [1.82, 2.24) is 9.88 Å². The van der Waals surface area contributed by atoms with E-state index in [9.17, 15) is 9.59 Å². The minimum absolute atomic E-state index is 0.0892. The highest BCUT2D eigenvalue weighted by Crippen LogP contribution is 2.40. The van der Waals surface area contributed by atoms with Gasteiger partial charge in [-0.3, -0.25) is 9.59 Å². The van der Waals surface area contributed by atoms with Crippen LogP contribution in [0.4, 0.5) is 11.4 Å².